The lowest BCUT2D eigenvalue weighted by molar-refractivity contribution is -0.144. The highest BCUT2D eigenvalue weighted by Crippen LogP contribution is 1.94. The van der Waals surface area contributed by atoms with E-state index in [1.54, 1.807) is 0 Å². The molecule has 0 aromatic carbocycles. The summed E-state index contributed by atoms with van der Waals surface area (Å²) >= 11 is 0. The number of unbranched alkanes of at least 4 members (excludes halogenated alkanes) is 1. The van der Waals surface area contributed by atoms with Crippen LogP contribution in [0.15, 0.2) is 0 Å². The maximum Gasteiger partial charge on any atom is 0.311 e. The molecule has 0 aromatic rings. The number of amides is 2. The number of carbonyl (C=O) groups excluding carboxylic acids is 2. The smallest absolute Gasteiger partial charge is 0.311 e. The number of primary amides is 1. The number of hydrogen-bond acceptors (Lipinski definition) is 2. The number of nitrogens with zero attached hydrogens (tertiary/aromatic N) is 1. The van der Waals surface area contributed by atoms with Gasteiger partial charge in [-0.2, -0.15) is 0 Å². The molecule has 0 fully saturated rings. The van der Waals surface area contributed by atoms with Gasteiger partial charge in [0.25, 0.3) is 0 Å². The van der Waals surface area contributed by atoms with E-state index in [0.717, 1.165) is 12.8 Å². The second kappa shape index (κ2) is 5.57. The molecular weight excluding hydrogens is 156 g/mol. The average molecular weight is 172 g/mol. The van der Waals surface area contributed by atoms with Crippen molar-refractivity contribution in [3.63, 3.8) is 0 Å². The minimum absolute atomic E-state index is 0.543. The largest absolute Gasteiger partial charge is 0.361 e. The quantitative estimate of drug-likeness (QED) is 0.612. The Balaban J connectivity index is 3.96. The van der Waals surface area contributed by atoms with Gasteiger partial charge in [0.15, 0.2) is 0 Å². The Hall–Kier alpha value is -1.06. The molecule has 0 saturated heterocycles. The molecule has 0 heterocycles. The Kier molecular flexibility index (Phi) is 5.08. The van der Waals surface area contributed by atoms with Crippen molar-refractivity contribution < 1.29 is 9.59 Å². The van der Waals surface area contributed by atoms with E-state index in [-0.39, 0.29) is 0 Å². The summed E-state index contributed by atoms with van der Waals surface area (Å²) in [6.45, 7) is 5.02. The van der Waals surface area contributed by atoms with Crippen LogP contribution in [0, 0.1) is 0 Å². The van der Waals surface area contributed by atoms with Gasteiger partial charge in [-0.1, -0.05) is 13.3 Å². The van der Waals surface area contributed by atoms with Gasteiger partial charge in [0.05, 0.1) is 0 Å². The van der Waals surface area contributed by atoms with E-state index in [9.17, 15) is 9.59 Å². The molecule has 0 spiro atoms. The lowest BCUT2D eigenvalue weighted by Gasteiger charge is -2.18. The zero-order valence-electron chi connectivity index (χ0n) is 7.67. The van der Waals surface area contributed by atoms with Gasteiger partial charge in [0.2, 0.25) is 0 Å². The highest BCUT2D eigenvalue weighted by Gasteiger charge is 2.15. The fraction of sp³-hybridized carbons (Fsp3) is 0.750. The molecular formula is C8H16N2O2. The average Bonchev–Trinajstić information content (AvgIpc) is 2.05. The maximum absolute atomic E-state index is 11.0. The SMILES string of the molecule is CCCCN(CC)C(=O)C(N)=O. The van der Waals surface area contributed by atoms with Gasteiger partial charge in [-0.25, -0.2) is 0 Å². The van der Waals surface area contributed by atoms with Crippen LogP contribution >= 0.6 is 0 Å². The second-order valence-corrected chi connectivity index (χ2v) is 2.60. The highest BCUT2D eigenvalue weighted by atomic mass is 16.2. The number of nitrogens with two attached hydrogens (primary N) is 1. The summed E-state index contributed by atoms with van der Waals surface area (Å²) in [6.07, 6.45) is 1.91. The van der Waals surface area contributed by atoms with Gasteiger partial charge in [-0.3, -0.25) is 9.59 Å². The molecule has 0 rings (SSSR count). The van der Waals surface area contributed by atoms with Crippen LogP contribution in [0.5, 0.6) is 0 Å². The highest BCUT2D eigenvalue weighted by molar-refractivity contribution is 6.34. The Morgan fingerprint density at radius 1 is 1.33 bits per heavy atom. The van der Waals surface area contributed by atoms with Crippen LogP contribution in [0.1, 0.15) is 26.7 Å². The van der Waals surface area contributed by atoms with Crippen LogP contribution in [0.4, 0.5) is 0 Å². The van der Waals surface area contributed by atoms with E-state index >= 15 is 0 Å². The van der Waals surface area contributed by atoms with Crippen molar-refractivity contribution in [3.8, 4) is 0 Å². The molecule has 0 aliphatic carbocycles. The molecule has 0 radical (unpaired) electrons. The van der Waals surface area contributed by atoms with Gasteiger partial charge in [-0.05, 0) is 13.3 Å². The van der Waals surface area contributed by atoms with E-state index in [2.05, 4.69) is 0 Å². The lowest BCUT2D eigenvalue weighted by Crippen LogP contribution is -2.40. The summed E-state index contributed by atoms with van der Waals surface area (Å²) in [5, 5.41) is 0. The predicted octanol–water partition coefficient (Wildman–Crippen LogP) is 0.120. The van der Waals surface area contributed by atoms with Crippen molar-refractivity contribution >= 4 is 11.8 Å². The third-order valence-electron chi connectivity index (χ3n) is 1.66. The lowest BCUT2D eigenvalue weighted by atomic mass is 10.3. The Morgan fingerprint density at radius 3 is 2.25 bits per heavy atom. The minimum Gasteiger partial charge on any atom is -0.361 e. The van der Waals surface area contributed by atoms with Crippen molar-refractivity contribution in [1.29, 1.82) is 0 Å². The van der Waals surface area contributed by atoms with Gasteiger partial charge in [-0.15, -0.1) is 0 Å². The molecule has 70 valence electrons. The Bertz CT molecular complexity index is 168. The fourth-order valence-corrected chi connectivity index (χ4v) is 0.908. The Labute approximate surface area is 72.7 Å². The molecule has 0 aliphatic rings. The van der Waals surface area contributed by atoms with E-state index < -0.39 is 11.8 Å². The van der Waals surface area contributed by atoms with E-state index in [1.807, 2.05) is 13.8 Å². The van der Waals surface area contributed by atoms with Gasteiger partial charge in [0, 0.05) is 13.1 Å². The van der Waals surface area contributed by atoms with E-state index in [4.69, 9.17) is 5.73 Å². The first-order valence-corrected chi connectivity index (χ1v) is 4.22. The first-order valence-electron chi connectivity index (χ1n) is 4.22. The molecule has 0 aliphatic heterocycles. The molecule has 12 heavy (non-hydrogen) atoms. The van der Waals surface area contributed by atoms with Gasteiger partial charge < -0.3 is 10.6 Å². The van der Waals surface area contributed by atoms with E-state index in [1.165, 1.54) is 4.90 Å². The van der Waals surface area contributed by atoms with Crippen molar-refractivity contribution in [2.75, 3.05) is 13.1 Å². The van der Waals surface area contributed by atoms with Crippen LogP contribution < -0.4 is 5.73 Å². The number of likely N-dealkylation sites (N-methyl/N-ethyl adjacent to an activating group) is 1. The molecule has 4 heteroatoms. The van der Waals surface area contributed by atoms with Crippen molar-refractivity contribution in [2.45, 2.75) is 26.7 Å². The second-order valence-electron chi connectivity index (χ2n) is 2.60. The molecule has 0 aromatic heterocycles. The van der Waals surface area contributed by atoms with Crippen LogP contribution in [0.3, 0.4) is 0 Å². The molecule has 0 bridgehead atoms. The topological polar surface area (TPSA) is 63.4 Å². The molecule has 0 unspecified atom stereocenters. The Morgan fingerprint density at radius 2 is 1.92 bits per heavy atom. The zero-order chi connectivity index (χ0) is 9.56. The first-order chi connectivity index (χ1) is 5.63. The fourth-order valence-electron chi connectivity index (χ4n) is 0.908. The van der Waals surface area contributed by atoms with Crippen LogP contribution in [0.2, 0.25) is 0 Å². The zero-order valence-corrected chi connectivity index (χ0v) is 7.67. The summed E-state index contributed by atoms with van der Waals surface area (Å²) in [4.78, 5) is 23.0. The minimum atomic E-state index is -0.868. The van der Waals surface area contributed by atoms with Crippen LogP contribution in [-0.4, -0.2) is 29.8 Å². The summed E-state index contributed by atoms with van der Waals surface area (Å²) in [6, 6.07) is 0. The number of carbonyl (C=O) groups is 2. The summed E-state index contributed by atoms with van der Waals surface area (Å²) < 4.78 is 0. The van der Waals surface area contributed by atoms with E-state index in [0.29, 0.717) is 13.1 Å². The molecule has 2 amide bonds. The molecule has 2 N–H and O–H groups in total. The standard InChI is InChI=1S/C8H16N2O2/c1-3-5-6-10(4-2)8(12)7(9)11/h3-6H2,1-2H3,(H2,9,11). The monoisotopic (exact) mass is 172 g/mol. The normalized spacial score (nSPS) is 9.50. The third kappa shape index (κ3) is 3.37. The van der Waals surface area contributed by atoms with Crippen LogP contribution in [0.25, 0.3) is 0 Å². The van der Waals surface area contributed by atoms with Crippen molar-refractivity contribution in [3.05, 3.63) is 0 Å². The maximum atomic E-state index is 11.0. The summed E-state index contributed by atoms with van der Waals surface area (Å²) in [5.74, 6) is -1.45. The van der Waals surface area contributed by atoms with Crippen molar-refractivity contribution in [1.82, 2.24) is 4.90 Å². The molecule has 0 atom stereocenters. The third-order valence-corrected chi connectivity index (χ3v) is 1.66. The summed E-state index contributed by atoms with van der Waals surface area (Å²) in [7, 11) is 0. The van der Waals surface area contributed by atoms with Crippen molar-refractivity contribution in [2.24, 2.45) is 5.73 Å². The molecule has 0 saturated carbocycles. The van der Waals surface area contributed by atoms with Gasteiger partial charge in [0.1, 0.15) is 0 Å². The summed E-state index contributed by atoms with van der Waals surface area (Å²) in [5.41, 5.74) is 4.85. The van der Waals surface area contributed by atoms with Gasteiger partial charge >= 0.3 is 11.8 Å². The first kappa shape index (κ1) is 10.9. The number of hydrogen-bond donors (Lipinski definition) is 1. The number of rotatable bonds is 4. The molecule has 4 nitrogen and oxygen atoms in total. The van der Waals surface area contributed by atoms with Crippen LogP contribution in [-0.2, 0) is 9.59 Å². The predicted molar refractivity (Wildman–Crippen MR) is 46.4 cm³/mol.